The first-order valence-corrected chi connectivity index (χ1v) is 10.4. The van der Waals surface area contributed by atoms with Crippen LogP contribution >= 0.6 is 0 Å². The van der Waals surface area contributed by atoms with Crippen molar-refractivity contribution in [3.05, 3.63) is 59.7 Å². The van der Waals surface area contributed by atoms with Gasteiger partial charge < -0.3 is 15.0 Å². The van der Waals surface area contributed by atoms with Gasteiger partial charge in [-0.25, -0.2) is 0 Å². The van der Waals surface area contributed by atoms with E-state index in [1.807, 2.05) is 30.3 Å². The van der Waals surface area contributed by atoms with Gasteiger partial charge in [0.1, 0.15) is 11.8 Å². The average molecular weight is 405 g/mol. The molecule has 2 amide bonds. The normalized spacial score (nSPS) is 15.7. The summed E-state index contributed by atoms with van der Waals surface area (Å²) in [5.41, 5.74) is 2.99. The van der Waals surface area contributed by atoms with E-state index in [-0.39, 0.29) is 30.8 Å². The summed E-state index contributed by atoms with van der Waals surface area (Å²) in [6.07, 6.45) is 3.56. The zero-order valence-corrected chi connectivity index (χ0v) is 17.3. The maximum absolute atomic E-state index is 12.6. The van der Waals surface area contributed by atoms with Crippen molar-refractivity contribution in [3.8, 4) is 11.8 Å². The van der Waals surface area contributed by atoms with Gasteiger partial charge >= 0.3 is 0 Å². The van der Waals surface area contributed by atoms with Crippen molar-refractivity contribution in [1.82, 2.24) is 5.32 Å². The number of unbranched alkanes of at least 4 members (excludes halogenated alkanes) is 1. The Morgan fingerprint density at radius 3 is 2.77 bits per heavy atom. The van der Waals surface area contributed by atoms with E-state index in [4.69, 9.17) is 10.00 Å². The van der Waals surface area contributed by atoms with Gasteiger partial charge in [-0.2, -0.15) is 5.26 Å². The fraction of sp³-hybridized carbons (Fsp3) is 0.375. The molecule has 0 radical (unpaired) electrons. The van der Waals surface area contributed by atoms with Crippen LogP contribution in [0.3, 0.4) is 0 Å². The van der Waals surface area contributed by atoms with Crippen molar-refractivity contribution in [1.29, 1.82) is 5.26 Å². The Labute approximate surface area is 177 Å². The highest BCUT2D eigenvalue weighted by atomic mass is 16.5. The zero-order chi connectivity index (χ0) is 21.3. The highest BCUT2D eigenvalue weighted by Crippen LogP contribution is 2.26. The molecule has 0 bridgehead atoms. The fourth-order valence-electron chi connectivity index (χ4n) is 3.55. The minimum Gasteiger partial charge on any atom is -0.479 e. The van der Waals surface area contributed by atoms with Crippen LogP contribution in [0.15, 0.2) is 48.5 Å². The Bertz CT molecular complexity index is 918. The van der Waals surface area contributed by atoms with E-state index in [1.165, 1.54) is 5.56 Å². The Balaban J connectivity index is 1.54. The first-order chi connectivity index (χ1) is 14.6. The lowest BCUT2D eigenvalue weighted by atomic mass is 10.1. The number of benzene rings is 2. The third-order valence-corrected chi connectivity index (χ3v) is 5.23. The second-order valence-electron chi connectivity index (χ2n) is 7.49. The van der Waals surface area contributed by atoms with Crippen LogP contribution in [0.4, 0.5) is 5.69 Å². The maximum Gasteiger partial charge on any atom is 0.227 e. The molecule has 0 saturated carbocycles. The molecule has 1 saturated heterocycles. The predicted octanol–water partition coefficient (Wildman–Crippen LogP) is 3.60. The fourth-order valence-corrected chi connectivity index (χ4v) is 3.55. The summed E-state index contributed by atoms with van der Waals surface area (Å²) in [4.78, 5) is 26.8. The summed E-state index contributed by atoms with van der Waals surface area (Å²) >= 11 is 0. The van der Waals surface area contributed by atoms with E-state index < -0.39 is 0 Å². The molecule has 1 unspecified atom stereocenters. The van der Waals surface area contributed by atoms with Crippen LogP contribution in [0.1, 0.15) is 37.3 Å². The first kappa shape index (κ1) is 21.4. The largest absolute Gasteiger partial charge is 0.479 e. The molecule has 1 fully saturated rings. The number of carbonyl (C=O) groups excluding carboxylic acids is 2. The molecule has 0 aromatic heterocycles. The lowest BCUT2D eigenvalue weighted by Crippen LogP contribution is -2.32. The van der Waals surface area contributed by atoms with Crippen LogP contribution < -0.4 is 15.0 Å². The monoisotopic (exact) mass is 405 g/mol. The summed E-state index contributed by atoms with van der Waals surface area (Å²) in [6.45, 7) is 2.89. The standard InChI is InChI=1S/C24H27N3O3/c1-2-3-5-18-8-10-21(11-9-18)27-17-20(15-23(27)28)24(29)26-16-19-6-4-7-22(14-19)30-13-12-25/h4,6-11,14,20H,2-3,5,13,15-17H2,1H3,(H,26,29). The Kier molecular flexibility index (Phi) is 7.45. The topological polar surface area (TPSA) is 82.4 Å². The molecule has 6 heteroatoms. The molecule has 1 aliphatic rings. The molecule has 30 heavy (non-hydrogen) atoms. The first-order valence-electron chi connectivity index (χ1n) is 10.4. The maximum atomic E-state index is 12.6. The van der Waals surface area contributed by atoms with Crippen LogP contribution in [-0.4, -0.2) is 25.0 Å². The summed E-state index contributed by atoms with van der Waals surface area (Å²) in [6, 6.07) is 17.3. The van der Waals surface area contributed by atoms with Gasteiger partial charge in [0.15, 0.2) is 6.61 Å². The van der Waals surface area contributed by atoms with Crippen molar-refractivity contribution in [2.45, 2.75) is 39.2 Å². The number of carbonyl (C=O) groups is 2. The predicted molar refractivity (Wildman–Crippen MR) is 115 cm³/mol. The van der Waals surface area contributed by atoms with Crippen LogP contribution in [-0.2, 0) is 22.6 Å². The highest BCUT2D eigenvalue weighted by Gasteiger charge is 2.34. The van der Waals surface area contributed by atoms with Crippen molar-refractivity contribution in [2.75, 3.05) is 18.1 Å². The average Bonchev–Trinajstić information content (AvgIpc) is 3.17. The van der Waals surface area contributed by atoms with Crippen molar-refractivity contribution in [2.24, 2.45) is 5.92 Å². The number of nitriles is 1. The van der Waals surface area contributed by atoms with E-state index in [0.29, 0.717) is 18.8 Å². The SMILES string of the molecule is CCCCc1ccc(N2CC(C(=O)NCc3cccc(OCC#N)c3)CC2=O)cc1. The van der Waals surface area contributed by atoms with Crippen LogP contribution in [0.5, 0.6) is 5.75 Å². The molecule has 1 aliphatic heterocycles. The molecule has 1 heterocycles. The number of hydrogen-bond acceptors (Lipinski definition) is 4. The smallest absolute Gasteiger partial charge is 0.227 e. The number of nitrogens with zero attached hydrogens (tertiary/aromatic N) is 2. The number of anilines is 1. The van der Waals surface area contributed by atoms with Gasteiger partial charge in [0.05, 0.1) is 5.92 Å². The van der Waals surface area contributed by atoms with Gasteiger partial charge in [0, 0.05) is 25.2 Å². The molecule has 3 rings (SSSR count). The molecule has 6 nitrogen and oxygen atoms in total. The molecule has 2 aromatic carbocycles. The van der Waals surface area contributed by atoms with E-state index in [1.54, 1.807) is 17.0 Å². The van der Waals surface area contributed by atoms with Gasteiger partial charge in [0.25, 0.3) is 0 Å². The summed E-state index contributed by atoms with van der Waals surface area (Å²) < 4.78 is 5.28. The number of hydrogen-bond donors (Lipinski definition) is 1. The second-order valence-corrected chi connectivity index (χ2v) is 7.49. The van der Waals surface area contributed by atoms with Gasteiger partial charge in [-0.3, -0.25) is 9.59 Å². The van der Waals surface area contributed by atoms with Gasteiger partial charge in [-0.15, -0.1) is 0 Å². The third kappa shape index (κ3) is 5.60. The molecule has 1 N–H and O–H groups in total. The summed E-state index contributed by atoms with van der Waals surface area (Å²) in [5, 5.41) is 11.5. The van der Waals surface area contributed by atoms with E-state index >= 15 is 0 Å². The van der Waals surface area contributed by atoms with Gasteiger partial charge in [-0.1, -0.05) is 37.6 Å². The van der Waals surface area contributed by atoms with Crippen molar-refractivity contribution in [3.63, 3.8) is 0 Å². The van der Waals surface area contributed by atoms with E-state index in [0.717, 1.165) is 30.5 Å². The van der Waals surface area contributed by atoms with Crippen LogP contribution in [0, 0.1) is 17.2 Å². The summed E-state index contributed by atoms with van der Waals surface area (Å²) in [7, 11) is 0. The lowest BCUT2D eigenvalue weighted by Gasteiger charge is -2.17. The quantitative estimate of drug-likeness (QED) is 0.691. The molecule has 156 valence electrons. The molecular weight excluding hydrogens is 378 g/mol. The number of nitrogens with one attached hydrogen (secondary N) is 1. The molecule has 0 spiro atoms. The molecule has 0 aliphatic carbocycles. The molecular formula is C24H27N3O3. The molecule has 1 atom stereocenters. The van der Waals surface area contributed by atoms with Gasteiger partial charge in [0.2, 0.25) is 11.8 Å². The third-order valence-electron chi connectivity index (χ3n) is 5.23. The van der Waals surface area contributed by atoms with E-state index in [2.05, 4.69) is 24.4 Å². The lowest BCUT2D eigenvalue weighted by molar-refractivity contribution is -0.126. The van der Waals surface area contributed by atoms with Gasteiger partial charge in [-0.05, 0) is 48.2 Å². The van der Waals surface area contributed by atoms with Crippen LogP contribution in [0.2, 0.25) is 0 Å². The summed E-state index contributed by atoms with van der Waals surface area (Å²) in [5.74, 6) is 0.0697. The molecule has 2 aromatic rings. The Morgan fingerprint density at radius 2 is 2.03 bits per heavy atom. The zero-order valence-electron chi connectivity index (χ0n) is 17.3. The van der Waals surface area contributed by atoms with Crippen molar-refractivity contribution >= 4 is 17.5 Å². The Hall–Kier alpha value is -3.33. The Morgan fingerprint density at radius 1 is 1.23 bits per heavy atom. The minimum absolute atomic E-state index is 0.0184. The van der Waals surface area contributed by atoms with Crippen LogP contribution in [0.25, 0.3) is 0 Å². The second kappa shape index (κ2) is 10.4. The number of amides is 2. The minimum atomic E-state index is -0.365. The van der Waals surface area contributed by atoms with E-state index in [9.17, 15) is 9.59 Å². The number of rotatable bonds is 9. The number of aryl methyl sites for hydroxylation is 1. The van der Waals surface area contributed by atoms with Crippen molar-refractivity contribution < 1.29 is 14.3 Å². The number of ether oxygens (including phenoxy) is 1. The highest BCUT2D eigenvalue weighted by molar-refractivity contribution is 6.00.